The zero-order valence-corrected chi connectivity index (χ0v) is 14.5. The molecule has 0 spiro atoms. The van der Waals surface area contributed by atoms with Crippen molar-refractivity contribution in [2.75, 3.05) is 37.5 Å². The first-order chi connectivity index (χ1) is 12.1. The van der Waals surface area contributed by atoms with Gasteiger partial charge in [0.1, 0.15) is 0 Å². The molecule has 0 aromatic heterocycles. The summed E-state index contributed by atoms with van der Waals surface area (Å²) in [5.74, 6) is -0.437. The van der Waals surface area contributed by atoms with Crippen molar-refractivity contribution in [1.82, 2.24) is 5.32 Å². The van der Waals surface area contributed by atoms with Gasteiger partial charge in [-0.25, -0.2) is 9.59 Å². The Morgan fingerprint density at radius 3 is 2.56 bits per heavy atom. The summed E-state index contributed by atoms with van der Waals surface area (Å²) < 4.78 is 4.66. The minimum absolute atomic E-state index is 0.302. The molecule has 0 radical (unpaired) electrons. The van der Waals surface area contributed by atoms with Crippen LogP contribution in [-0.4, -0.2) is 39.2 Å². The van der Waals surface area contributed by atoms with Crippen LogP contribution in [0.3, 0.4) is 0 Å². The molecule has 2 amide bonds. The van der Waals surface area contributed by atoms with E-state index in [-0.39, 0.29) is 6.03 Å². The van der Waals surface area contributed by atoms with Crippen molar-refractivity contribution >= 4 is 23.4 Å². The van der Waals surface area contributed by atoms with E-state index >= 15 is 0 Å². The van der Waals surface area contributed by atoms with Gasteiger partial charge < -0.3 is 20.3 Å². The quantitative estimate of drug-likeness (QED) is 0.600. The monoisotopic (exact) mass is 341 g/mol. The Morgan fingerprint density at radius 2 is 1.84 bits per heavy atom. The van der Waals surface area contributed by atoms with Crippen molar-refractivity contribution in [2.45, 2.75) is 6.42 Å². The summed E-state index contributed by atoms with van der Waals surface area (Å²) in [5, 5.41) is 5.52. The lowest BCUT2D eigenvalue weighted by Crippen LogP contribution is -2.31. The molecule has 6 heteroatoms. The number of anilines is 2. The van der Waals surface area contributed by atoms with E-state index in [1.165, 1.54) is 7.11 Å². The van der Waals surface area contributed by atoms with Gasteiger partial charge in [-0.05, 0) is 36.8 Å². The molecule has 0 heterocycles. The second-order valence-electron chi connectivity index (χ2n) is 5.56. The maximum Gasteiger partial charge on any atom is 0.337 e. The number of urea groups is 1. The summed E-state index contributed by atoms with van der Waals surface area (Å²) in [5.41, 5.74) is 2.08. The number of nitrogens with one attached hydrogen (secondary N) is 2. The van der Waals surface area contributed by atoms with Crippen LogP contribution in [0.4, 0.5) is 16.2 Å². The summed E-state index contributed by atoms with van der Waals surface area (Å²) >= 11 is 0. The van der Waals surface area contributed by atoms with Crippen LogP contribution >= 0.6 is 0 Å². The minimum Gasteiger partial charge on any atom is -0.465 e. The third-order valence-electron chi connectivity index (χ3n) is 3.69. The second-order valence-corrected chi connectivity index (χ2v) is 5.56. The molecule has 132 valence electrons. The maximum atomic E-state index is 11.9. The average molecular weight is 341 g/mol. The number of para-hydroxylation sites is 1. The van der Waals surface area contributed by atoms with E-state index in [9.17, 15) is 9.59 Å². The summed E-state index contributed by atoms with van der Waals surface area (Å²) in [4.78, 5) is 25.6. The van der Waals surface area contributed by atoms with E-state index in [1.807, 2.05) is 25.2 Å². The Labute approximate surface area is 147 Å². The third kappa shape index (κ3) is 5.84. The summed E-state index contributed by atoms with van der Waals surface area (Å²) in [6.45, 7) is 1.39. The van der Waals surface area contributed by atoms with E-state index in [1.54, 1.807) is 24.3 Å². The molecule has 0 aliphatic rings. The number of benzene rings is 2. The van der Waals surface area contributed by atoms with Crippen molar-refractivity contribution < 1.29 is 14.3 Å². The Bertz CT molecular complexity index is 704. The number of ether oxygens (including phenoxy) is 1. The molecule has 0 saturated carbocycles. The first kappa shape index (κ1) is 18.3. The van der Waals surface area contributed by atoms with E-state index in [4.69, 9.17) is 0 Å². The van der Waals surface area contributed by atoms with Crippen LogP contribution in [0, 0.1) is 0 Å². The highest BCUT2D eigenvalue weighted by atomic mass is 16.5. The van der Waals surface area contributed by atoms with Gasteiger partial charge in [0.05, 0.1) is 12.7 Å². The number of hydrogen-bond donors (Lipinski definition) is 2. The van der Waals surface area contributed by atoms with Gasteiger partial charge in [0.2, 0.25) is 0 Å². The first-order valence-corrected chi connectivity index (χ1v) is 8.09. The molecule has 2 aromatic carbocycles. The molecule has 2 N–H and O–H groups in total. The molecule has 6 nitrogen and oxygen atoms in total. The van der Waals surface area contributed by atoms with Gasteiger partial charge in [0.15, 0.2) is 0 Å². The van der Waals surface area contributed by atoms with Gasteiger partial charge >= 0.3 is 12.0 Å². The van der Waals surface area contributed by atoms with Gasteiger partial charge in [0, 0.05) is 31.5 Å². The molecule has 0 unspecified atom stereocenters. The van der Waals surface area contributed by atoms with Gasteiger partial charge in [-0.3, -0.25) is 0 Å². The van der Waals surface area contributed by atoms with Crippen LogP contribution in [-0.2, 0) is 4.74 Å². The maximum absolute atomic E-state index is 11.9. The highest BCUT2D eigenvalue weighted by molar-refractivity contribution is 5.93. The standard InChI is InChI=1S/C19H23N3O3/c1-22(17-10-4-3-5-11-17)13-7-12-20-19(24)21-16-9-6-8-15(14-16)18(23)25-2/h3-6,8-11,14H,7,12-13H2,1-2H3,(H2,20,21,24). The van der Waals surface area contributed by atoms with Crippen LogP contribution in [0.25, 0.3) is 0 Å². The van der Waals surface area contributed by atoms with Gasteiger partial charge in [0.25, 0.3) is 0 Å². The number of rotatable bonds is 7. The van der Waals surface area contributed by atoms with Crippen molar-refractivity contribution in [3.05, 3.63) is 60.2 Å². The van der Waals surface area contributed by atoms with Crippen LogP contribution in [0.2, 0.25) is 0 Å². The van der Waals surface area contributed by atoms with Crippen LogP contribution in [0.15, 0.2) is 54.6 Å². The van der Waals surface area contributed by atoms with Crippen molar-refractivity contribution in [3.8, 4) is 0 Å². The summed E-state index contributed by atoms with van der Waals surface area (Å²) in [6.07, 6.45) is 0.820. The average Bonchev–Trinajstić information content (AvgIpc) is 2.65. The molecule has 0 aliphatic carbocycles. The van der Waals surface area contributed by atoms with E-state index in [2.05, 4.69) is 32.4 Å². The molecule has 0 saturated heterocycles. The summed E-state index contributed by atoms with van der Waals surface area (Å²) in [6, 6.07) is 16.4. The fourth-order valence-electron chi connectivity index (χ4n) is 2.35. The predicted octanol–water partition coefficient (Wildman–Crippen LogP) is 3.12. The molecular formula is C19H23N3O3. The molecular weight excluding hydrogens is 318 g/mol. The Morgan fingerprint density at radius 1 is 1.08 bits per heavy atom. The second kappa shape index (κ2) is 9.32. The minimum atomic E-state index is -0.437. The first-order valence-electron chi connectivity index (χ1n) is 8.09. The van der Waals surface area contributed by atoms with Gasteiger partial charge in [-0.15, -0.1) is 0 Å². The normalized spacial score (nSPS) is 10.0. The number of hydrogen-bond acceptors (Lipinski definition) is 4. The van der Waals surface area contributed by atoms with Crippen LogP contribution < -0.4 is 15.5 Å². The fraction of sp³-hybridized carbons (Fsp3) is 0.263. The van der Waals surface area contributed by atoms with E-state index in [0.717, 1.165) is 18.7 Å². The molecule has 0 fully saturated rings. The SMILES string of the molecule is COC(=O)c1cccc(NC(=O)NCCCN(C)c2ccccc2)c1. The largest absolute Gasteiger partial charge is 0.465 e. The lowest BCUT2D eigenvalue weighted by molar-refractivity contribution is 0.0600. The lowest BCUT2D eigenvalue weighted by Gasteiger charge is -2.19. The van der Waals surface area contributed by atoms with Gasteiger partial charge in [-0.1, -0.05) is 24.3 Å². The van der Waals surface area contributed by atoms with Crippen LogP contribution in [0.5, 0.6) is 0 Å². The highest BCUT2D eigenvalue weighted by Crippen LogP contribution is 2.12. The molecule has 2 rings (SSSR count). The third-order valence-corrected chi connectivity index (χ3v) is 3.69. The fourth-order valence-corrected chi connectivity index (χ4v) is 2.35. The van der Waals surface area contributed by atoms with Crippen molar-refractivity contribution in [2.24, 2.45) is 0 Å². The molecule has 0 aliphatic heterocycles. The summed E-state index contributed by atoms with van der Waals surface area (Å²) in [7, 11) is 3.34. The van der Waals surface area contributed by atoms with Crippen molar-refractivity contribution in [1.29, 1.82) is 0 Å². The lowest BCUT2D eigenvalue weighted by atomic mass is 10.2. The van der Waals surface area contributed by atoms with Crippen molar-refractivity contribution in [3.63, 3.8) is 0 Å². The Hall–Kier alpha value is -3.02. The molecule has 0 atom stereocenters. The number of methoxy groups -OCH3 is 1. The number of amides is 2. The molecule has 25 heavy (non-hydrogen) atoms. The van der Waals surface area contributed by atoms with E-state index < -0.39 is 5.97 Å². The highest BCUT2D eigenvalue weighted by Gasteiger charge is 2.07. The number of esters is 1. The number of nitrogens with zero attached hydrogens (tertiary/aromatic N) is 1. The Balaban J connectivity index is 1.73. The Kier molecular flexibility index (Phi) is 6.83. The smallest absolute Gasteiger partial charge is 0.337 e. The molecule has 2 aromatic rings. The van der Waals surface area contributed by atoms with Crippen LogP contribution in [0.1, 0.15) is 16.8 Å². The predicted molar refractivity (Wildman–Crippen MR) is 99.1 cm³/mol. The zero-order valence-electron chi connectivity index (χ0n) is 14.5. The number of carbonyl (C=O) groups excluding carboxylic acids is 2. The topological polar surface area (TPSA) is 70.7 Å². The molecule has 0 bridgehead atoms. The van der Waals surface area contributed by atoms with Gasteiger partial charge in [-0.2, -0.15) is 0 Å². The zero-order chi connectivity index (χ0) is 18.1. The van der Waals surface area contributed by atoms with E-state index in [0.29, 0.717) is 17.8 Å². The number of carbonyl (C=O) groups is 2.